The van der Waals surface area contributed by atoms with Crippen molar-refractivity contribution >= 4 is 0 Å². The topological polar surface area (TPSA) is 65.4 Å². The van der Waals surface area contributed by atoms with E-state index >= 15 is 0 Å². The van der Waals surface area contributed by atoms with Crippen molar-refractivity contribution in [3.8, 4) is 0 Å². The summed E-state index contributed by atoms with van der Waals surface area (Å²) in [6.45, 7) is 5.15. The first-order valence-electron chi connectivity index (χ1n) is 5.46. The molecule has 0 bridgehead atoms. The Morgan fingerprint density at radius 2 is 2.25 bits per heavy atom. The van der Waals surface area contributed by atoms with Gasteiger partial charge in [-0.3, -0.25) is 4.98 Å². The molecule has 0 fully saturated rings. The monoisotopic (exact) mass is 224 g/mol. The van der Waals surface area contributed by atoms with E-state index in [1.54, 1.807) is 6.20 Å². The molecule has 0 amide bonds. The van der Waals surface area contributed by atoms with Crippen LogP contribution in [0.3, 0.4) is 0 Å². The Hall–Kier alpha value is -0.970. The van der Waals surface area contributed by atoms with Crippen LogP contribution in [0, 0.1) is 0 Å². The zero-order chi connectivity index (χ0) is 12.0. The predicted octanol–water partition coefficient (Wildman–Crippen LogP) is 0.302. The molecule has 0 aromatic carbocycles. The molecule has 1 aromatic rings. The van der Waals surface area contributed by atoms with Gasteiger partial charge in [0.05, 0.1) is 12.7 Å². The first kappa shape index (κ1) is 13.1. The van der Waals surface area contributed by atoms with Crippen LogP contribution in [-0.2, 0) is 5.41 Å². The van der Waals surface area contributed by atoms with Crippen molar-refractivity contribution in [1.29, 1.82) is 0 Å². The summed E-state index contributed by atoms with van der Waals surface area (Å²) in [5.74, 6) is 0. The third-order valence-corrected chi connectivity index (χ3v) is 2.60. The fourth-order valence-corrected chi connectivity index (χ4v) is 1.48. The molecule has 1 unspecified atom stereocenters. The number of nitrogens with zero attached hydrogens (tertiary/aromatic N) is 1. The van der Waals surface area contributed by atoms with Crippen LogP contribution in [0.5, 0.6) is 0 Å². The van der Waals surface area contributed by atoms with E-state index in [0.717, 1.165) is 12.1 Å². The number of hydrogen-bond donors (Lipinski definition) is 3. The summed E-state index contributed by atoms with van der Waals surface area (Å²) in [4.78, 5) is 4.09. The van der Waals surface area contributed by atoms with Gasteiger partial charge in [-0.05, 0) is 11.6 Å². The first-order valence-corrected chi connectivity index (χ1v) is 5.46. The van der Waals surface area contributed by atoms with E-state index in [1.807, 2.05) is 18.3 Å². The van der Waals surface area contributed by atoms with Gasteiger partial charge in [-0.15, -0.1) is 0 Å². The van der Waals surface area contributed by atoms with Gasteiger partial charge in [0.15, 0.2) is 0 Å². The molecule has 0 radical (unpaired) electrons. The van der Waals surface area contributed by atoms with E-state index in [2.05, 4.69) is 24.1 Å². The van der Waals surface area contributed by atoms with Crippen molar-refractivity contribution < 1.29 is 10.2 Å². The van der Waals surface area contributed by atoms with Gasteiger partial charge in [0.2, 0.25) is 0 Å². The Balaban J connectivity index is 2.46. The molecule has 0 spiro atoms. The maximum atomic E-state index is 9.20. The summed E-state index contributed by atoms with van der Waals surface area (Å²) < 4.78 is 0. The predicted molar refractivity (Wildman–Crippen MR) is 63.2 cm³/mol. The number of aromatic nitrogens is 1. The second-order valence-corrected chi connectivity index (χ2v) is 4.59. The second-order valence-electron chi connectivity index (χ2n) is 4.59. The highest BCUT2D eigenvalue weighted by Crippen LogP contribution is 2.20. The maximum absolute atomic E-state index is 9.20. The third-order valence-electron chi connectivity index (χ3n) is 2.60. The number of rotatable bonds is 6. The Morgan fingerprint density at radius 3 is 2.81 bits per heavy atom. The number of aliphatic hydroxyl groups excluding tert-OH is 2. The molecule has 16 heavy (non-hydrogen) atoms. The molecule has 4 heteroatoms. The van der Waals surface area contributed by atoms with E-state index in [4.69, 9.17) is 5.11 Å². The fraction of sp³-hybridized carbons (Fsp3) is 0.583. The summed E-state index contributed by atoms with van der Waals surface area (Å²) in [7, 11) is 0. The lowest BCUT2D eigenvalue weighted by Crippen LogP contribution is -2.38. The van der Waals surface area contributed by atoms with Crippen LogP contribution in [0.15, 0.2) is 24.5 Å². The molecule has 1 atom stereocenters. The first-order chi connectivity index (χ1) is 7.56. The van der Waals surface area contributed by atoms with Gasteiger partial charge in [0.1, 0.15) is 0 Å². The van der Waals surface area contributed by atoms with Gasteiger partial charge >= 0.3 is 0 Å². The second kappa shape index (κ2) is 5.94. The Morgan fingerprint density at radius 1 is 1.50 bits per heavy atom. The minimum atomic E-state index is -0.690. The summed E-state index contributed by atoms with van der Waals surface area (Å²) in [6, 6.07) is 3.96. The maximum Gasteiger partial charge on any atom is 0.0894 e. The van der Waals surface area contributed by atoms with Gasteiger partial charge in [-0.1, -0.05) is 19.9 Å². The van der Waals surface area contributed by atoms with Crippen molar-refractivity contribution in [1.82, 2.24) is 10.3 Å². The van der Waals surface area contributed by atoms with Crippen LogP contribution in [-0.4, -0.2) is 41.0 Å². The molecule has 0 aliphatic heterocycles. The Labute approximate surface area is 96.3 Å². The van der Waals surface area contributed by atoms with Gasteiger partial charge in [-0.25, -0.2) is 0 Å². The average Bonchev–Trinajstić information content (AvgIpc) is 2.30. The van der Waals surface area contributed by atoms with Crippen molar-refractivity contribution in [3.63, 3.8) is 0 Å². The molecule has 0 saturated heterocycles. The van der Waals surface area contributed by atoms with Crippen LogP contribution in [0.2, 0.25) is 0 Å². The van der Waals surface area contributed by atoms with Crippen LogP contribution in [0.25, 0.3) is 0 Å². The van der Waals surface area contributed by atoms with E-state index in [-0.39, 0.29) is 12.0 Å². The molecule has 1 heterocycles. The lowest BCUT2D eigenvalue weighted by atomic mass is 9.86. The molecular formula is C12H20N2O2. The summed E-state index contributed by atoms with van der Waals surface area (Å²) in [5.41, 5.74) is 1.12. The summed E-state index contributed by atoms with van der Waals surface area (Å²) in [5, 5.41) is 21.0. The standard InChI is InChI=1S/C12H20N2O2/c1-12(2,9-14-7-11(16)8-15)10-4-3-5-13-6-10/h3-6,11,14-16H,7-9H2,1-2H3. The molecule has 1 aromatic heterocycles. The normalized spacial score (nSPS) is 13.8. The summed E-state index contributed by atoms with van der Waals surface area (Å²) >= 11 is 0. The minimum absolute atomic E-state index is 0.0383. The number of pyridine rings is 1. The van der Waals surface area contributed by atoms with Crippen LogP contribution in [0.1, 0.15) is 19.4 Å². The quantitative estimate of drug-likeness (QED) is 0.650. The highest BCUT2D eigenvalue weighted by molar-refractivity contribution is 5.19. The smallest absolute Gasteiger partial charge is 0.0894 e. The van der Waals surface area contributed by atoms with Crippen molar-refractivity contribution in [2.75, 3.05) is 19.7 Å². The highest BCUT2D eigenvalue weighted by atomic mass is 16.3. The Bertz CT molecular complexity index is 301. The molecule has 3 N–H and O–H groups in total. The largest absolute Gasteiger partial charge is 0.394 e. The lowest BCUT2D eigenvalue weighted by Gasteiger charge is -2.25. The van der Waals surface area contributed by atoms with Crippen molar-refractivity contribution in [2.45, 2.75) is 25.4 Å². The van der Waals surface area contributed by atoms with Crippen molar-refractivity contribution in [2.24, 2.45) is 0 Å². The Kier molecular flexibility index (Phi) is 4.86. The van der Waals surface area contributed by atoms with E-state index in [1.165, 1.54) is 0 Å². The molecular weight excluding hydrogens is 204 g/mol. The number of hydrogen-bond acceptors (Lipinski definition) is 4. The van der Waals surface area contributed by atoms with Gasteiger partial charge in [0.25, 0.3) is 0 Å². The summed E-state index contributed by atoms with van der Waals surface area (Å²) in [6.07, 6.45) is 2.91. The molecule has 90 valence electrons. The van der Waals surface area contributed by atoms with Crippen LogP contribution in [0.4, 0.5) is 0 Å². The van der Waals surface area contributed by atoms with Crippen LogP contribution >= 0.6 is 0 Å². The number of nitrogens with one attached hydrogen (secondary N) is 1. The minimum Gasteiger partial charge on any atom is -0.394 e. The fourth-order valence-electron chi connectivity index (χ4n) is 1.48. The van der Waals surface area contributed by atoms with Gasteiger partial charge in [-0.2, -0.15) is 0 Å². The van der Waals surface area contributed by atoms with E-state index in [9.17, 15) is 5.11 Å². The zero-order valence-corrected chi connectivity index (χ0v) is 9.85. The van der Waals surface area contributed by atoms with Gasteiger partial charge < -0.3 is 15.5 Å². The molecule has 1 rings (SSSR count). The SMILES string of the molecule is CC(C)(CNCC(O)CO)c1cccnc1. The number of aliphatic hydroxyl groups is 2. The molecule has 0 aliphatic carbocycles. The zero-order valence-electron chi connectivity index (χ0n) is 9.85. The highest BCUT2D eigenvalue weighted by Gasteiger charge is 2.20. The van der Waals surface area contributed by atoms with Crippen LogP contribution < -0.4 is 5.32 Å². The van der Waals surface area contributed by atoms with E-state index < -0.39 is 6.10 Å². The molecule has 0 aliphatic rings. The average molecular weight is 224 g/mol. The van der Waals surface area contributed by atoms with E-state index in [0.29, 0.717) is 6.54 Å². The van der Waals surface area contributed by atoms with Crippen molar-refractivity contribution in [3.05, 3.63) is 30.1 Å². The molecule has 4 nitrogen and oxygen atoms in total. The third kappa shape index (κ3) is 3.89. The van der Waals surface area contributed by atoms with Gasteiger partial charge in [0, 0.05) is 30.9 Å². The molecule has 0 saturated carbocycles. The lowest BCUT2D eigenvalue weighted by molar-refractivity contribution is 0.0934.